The molecule has 0 bridgehead atoms. The van der Waals surface area contributed by atoms with Crippen molar-refractivity contribution in [3.8, 4) is 6.01 Å². The largest absolute Gasteiger partial charge is 0.458 e. The van der Waals surface area contributed by atoms with Gasteiger partial charge in [-0.2, -0.15) is 9.97 Å². The van der Waals surface area contributed by atoms with Gasteiger partial charge in [0.2, 0.25) is 0 Å². The molecule has 19 heavy (non-hydrogen) atoms. The number of fused-ring (bicyclic) bond motifs is 1. The Morgan fingerprint density at radius 1 is 1.26 bits per heavy atom. The van der Waals surface area contributed by atoms with E-state index in [1.807, 2.05) is 12.1 Å². The van der Waals surface area contributed by atoms with E-state index in [0.29, 0.717) is 28.6 Å². The Morgan fingerprint density at radius 3 is 2.84 bits per heavy atom. The molecule has 0 aliphatic rings. The van der Waals surface area contributed by atoms with Gasteiger partial charge in [-0.3, -0.25) is 4.98 Å². The van der Waals surface area contributed by atoms with Gasteiger partial charge in [-0.25, -0.2) is 0 Å². The van der Waals surface area contributed by atoms with Crippen molar-refractivity contribution in [1.82, 2.24) is 19.9 Å². The van der Waals surface area contributed by atoms with Crippen LogP contribution >= 0.6 is 11.6 Å². The number of aromatic amines is 1. The van der Waals surface area contributed by atoms with E-state index in [1.54, 1.807) is 18.5 Å². The lowest BCUT2D eigenvalue weighted by atomic mass is 10.3. The molecular formula is C12H10ClN5O. The zero-order valence-corrected chi connectivity index (χ0v) is 10.6. The SMILES string of the molecule is Nc1nc(OCc2ccncc2)nc2[nH]c(Cl)cc12. The molecule has 0 aliphatic carbocycles. The van der Waals surface area contributed by atoms with Gasteiger partial charge in [-0.05, 0) is 23.8 Å². The number of halogens is 1. The summed E-state index contributed by atoms with van der Waals surface area (Å²) >= 11 is 5.85. The number of hydrogen-bond acceptors (Lipinski definition) is 5. The van der Waals surface area contributed by atoms with Gasteiger partial charge in [-0.1, -0.05) is 11.6 Å². The summed E-state index contributed by atoms with van der Waals surface area (Å²) in [4.78, 5) is 15.1. The van der Waals surface area contributed by atoms with Crippen LogP contribution in [0.15, 0.2) is 30.6 Å². The lowest BCUT2D eigenvalue weighted by molar-refractivity contribution is 0.282. The average Bonchev–Trinajstić information content (AvgIpc) is 2.79. The van der Waals surface area contributed by atoms with Crippen LogP contribution < -0.4 is 10.5 Å². The smallest absolute Gasteiger partial charge is 0.320 e. The van der Waals surface area contributed by atoms with Gasteiger partial charge in [0.15, 0.2) is 0 Å². The highest BCUT2D eigenvalue weighted by atomic mass is 35.5. The Labute approximate surface area is 113 Å². The molecule has 0 saturated carbocycles. The fourth-order valence-electron chi connectivity index (χ4n) is 1.67. The van der Waals surface area contributed by atoms with E-state index in [1.165, 1.54) is 0 Å². The fourth-order valence-corrected chi connectivity index (χ4v) is 1.87. The third-order valence-electron chi connectivity index (χ3n) is 2.58. The summed E-state index contributed by atoms with van der Waals surface area (Å²) in [6.07, 6.45) is 3.39. The third-order valence-corrected chi connectivity index (χ3v) is 2.78. The summed E-state index contributed by atoms with van der Waals surface area (Å²) in [5.74, 6) is 0.331. The van der Waals surface area contributed by atoms with Gasteiger partial charge in [0.25, 0.3) is 0 Å². The second-order valence-electron chi connectivity index (χ2n) is 3.92. The quantitative estimate of drug-likeness (QED) is 0.764. The molecule has 0 radical (unpaired) electrons. The first-order valence-corrected chi connectivity index (χ1v) is 5.93. The van der Waals surface area contributed by atoms with Crippen molar-refractivity contribution in [2.24, 2.45) is 0 Å². The van der Waals surface area contributed by atoms with Crippen LogP contribution in [0.4, 0.5) is 5.82 Å². The highest BCUT2D eigenvalue weighted by molar-refractivity contribution is 6.30. The number of H-pyrrole nitrogens is 1. The highest BCUT2D eigenvalue weighted by Crippen LogP contribution is 2.23. The number of aromatic nitrogens is 4. The fraction of sp³-hybridized carbons (Fsp3) is 0.0833. The van der Waals surface area contributed by atoms with Gasteiger partial charge in [-0.15, -0.1) is 0 Å². The monoisotopic (exact) mass is 275 g/mol. The molecule has 0 amide bonds. The number of ether oxygens (including phenoxy) is 1. The number of anilines is 1. The minimum absolute atomic E-state index is 0.209. The third kappa shape index (κ3) is 2.43. The molecule has 96 valence electrons. The molecule has 3 aromatic rings. The van der Waals surface area contributed by atoms with Crippen LogP contribution in [0, 0.1) is 0 Å². The summed E-state index contributed by atoms with van der Waals surface area (Å²) in [7, 11) is 0. The Morgan fingerprint density at radius 2 is 2.05 bits per heavy atom. The van der Waals surface area contributed by atoms with Gasteiger partial charge < -0.3 is 15.5 Å². The number of nitrogens with one attached hydrogen (secondary N) is 1. The standard InChI is InChI=1S/C12H10ClN5O/c13-9-5-8-10(14)17-12(18-11(8)16-9)19-6-7-1-3-15-4-2-7/h1-5H,6H2,(H3,14,16,17,18). The molecule has 3 aromatic heterocycles. The Kier molecular flexibility index (Phi) is 2.92. The summed E-state index contributed by atoms with van der Waals surface area (Å²) in [6, 6.07) is 5.60. The molecule has 7 heteroatoms. The van der Waals surface area contributed by atoms with Crippen LogP contribution in [0.5, 0.6) is 6.01 Å². The van der Waals surface area contributed by atoms with Gasteiger partial charge >= 0.3 is 6.01 Å². The molecule has 0 aliphatic heterocycles. The van der Waals surface area contributed by atoms with Gasteiger partial charge in [0, 0.05) is 12.4 Å². The van der Waals surface area contributed by atoms with Crippen molar-refractivity contribution in [3.05, 3.63) is 41.3 Å². The van der Waals surface area contributed by atoms with E-state index < -0.39 is 0 Å². The number of hydrogen-bond donors (Lipinski definition) is 2. The summed E-state index contributed by atoms with van der Waals surface area (Å²) in [5, 5.41) is 1.14. The minimum Gasteiger partial charge on any atom is -0.458 e. The Hall–Kier alpha value is -2.34. The molecule has 0 atom stereocenters. The number of rotatable bonds is 3. The lowest BCUT2D eigenvalue weighted by Crippen LogP contribution is -2.02. The molecule has 6 nitrogen and oxygen atoms in total. The molecule has 0 aromatic carbocycles. The average molecular weight is 276 g/mol. The maximum atomic E-state index is 5.85. The topological polar surface area (TPSA) is 89.7 Å². The van der Waals surface area contributed by atoms with Crippen LogP contribution in [-0.4, -0.2) is 19.9 Å². The van der Waals surface area contributed by atoms with Crippen molar-refractivity contribution in [1.29, 1.82) is 0 Å². The van der Waals surface area contributed by atoms with E-state index in [-0.39, 0.29) is 6.01 Å². The number of nitrogens with zero attached hydrogens (tertiary/aromatic N) is 3. The second kappa shape index (κ2) is 4.74. The number of nitrogen functional groups attached to an aromatic ring is 1. The highest BCUT2D eigenvalue weighted by Gasteiger charge is 2.09. The van der Waals surface area contributed by atoms with Crippen molar-refractivity contribution < 1.29 is 4.74 Å². The molecule has 0 spiro atoms. The van der Waals surface area contributed by atoms with E-state index >= 15 is 0 Å². The normalized spacial score (nSPS) is 10.8. The van der Waals surface area contributed by atoms with Crippen LogP contribution in [-0.2, 0) is 6.61 Å². The predicted molar refractivity (Wildman–Crippen MR) is 71.9 cm³/mol. The molecule has 3 rings (SSSR count). The van der Waals surface area contributed by atoms with Gasteiger partial charge in [0.1, 0.15) is 23.2 Å². The Bertz CT molecular complexity index is 713. The van der Waals surface area contributed by atoms with Crippen LogP contribution in [0.2, 0.25) is 5.15 Å². The first-order chi connectivity index (χ1) is 9.22. The van der Waals surface area contributed by atoms with Crippen LogP contribution in [0.25, 0.3) is 11.0 Å². The summed E-state index contributed by atoms with van der Waals surface area (Å²) in [6.45, 7) is 0.349. The maximum absolute atomic E-state index is 5.85. The van der Waals surface area contributed by atoms with Gasteiger partial charge in [0.05, 0.1) is 5.39 Å². The van der Waals surface area contributed by atoms with E-state index in [2.05, 4.69) is 19.9 Å². The molecule has 0 saturated heterocycles. The zero-order valence-electron chi connectivity index (χ0n) is 9.80. The van der Waals surface area contributed by atoms with Crippen molar-refractivity contribution in [3.63, 3.8) is 0 Å². The van der Waals surface area contributed by atoms with E-state index in [4.69, 9.17) is 22.1 Å². The molecule has 3 N–H and O–H groups in total. The minimum atomic E-state index is 0.209. The van der Waals surface area contributed by atoms with Crippen LogP contribution in [0.3, 0.4) is 0 Å². The molecule has 3 heterocycles. The molecule has 0 unspecified atom stereocenters. The van der Waals surface area contributed by atoms with E-state index in [0.717, 1.165) is 5.56 Å². The van der Waals surface area contributed by atoms with E-state index in [9.17, 15) is 0 Å². The second-order valence-corrected chi connectivity index (χ2v) is 4.32. The van der Waals surface area contributed by atoms with Crippen molar-refractivity contribution in [2.75, 3.05) is 5.73 Å². The first-order valence-electron chi connectivity index (χ1n) is 5.56. The predicted octanol–water partition coefficient (Wildman–Crippen LogP) is 2.17. The van der Waals surface area contributed by atoms with Crippen LogP contribution in [0.1, 0.15) is 5.56 Å². The lowest BCUT2D eigenvalue weighted by Gasteiger charge is -2.05. The summed E-state index contributed by atoms with van der Waals surface area (Å²) in [5.41, 5.74) is 7.35. The van der Waals surface area contributed by atoms with Crippen molar-refractivity contribution >= 4 is 28.5 Å². The molecular weight excluding hydrogens is 266 g/mol. The maximum Gasteiger partial charge on any atom is 0.320 e. The summed E-state index contributed by atoms with van der Waals surface area (Å²) < 4.78 is 5.50. The first kappa shape index (κ1) is 11.7. The van der Waals surface area contributed by atoms with Crippen molar-refractivity contribution in [2.45, 2.75) is 6.61 Å². The number of nitrogens with two attached hydrogens (primary N) is 1. The molecule has 0 fully saturated rings. The number of pyridine rings is 1. The Balaban J connectivity index is 1.85. The zero-order chi connectivity index (χ0) is 13.2.